The van der Waals surface area contributed by atoms with Crippen molar-refractivity contribution >= 4 is 32.7 Å². The highest BCUT2D eigenvalue weighted by molar-refractivity contribution is 7.89. The molecule has 9 heteroatoms. The van der Waals surface area contributed by atoms with Crippen molar-refractivity contribution in [2.75, 3.05) is 5.32 Å². The van der Waals surface area contributed by atoms with E-state index in [4.69, 9.17) is 5.14 Å². The second kappa shape index (κ2) is 4.54. The lowest BCUT2D eigenvalue weighted by Crippen LogP contribution is -2.11. The summed E-state index contributed by atoms with van der Waals surface area (Å²) in [4.78, 5) is 15.1. The summed E-state index contributed by atoms with van der Waals surface area (Å²) in [6.45, 7) is 0. The second-order valence-electron chi connectivity index (χ2n) is 4.02. The van der Waals surface area contributed by atoms with Crippen molar-refractivity contribution in [1.29, 1.82) is 0 Å². The van der Waals surface area contributed by atoms with Crippen LogP contribution in [0.1, 0.15) is 0 Å². The number of imidazole rings is 1. The van der Waals surface area contributed by atoms with E-state index in [1.807, 2.05) is 0 Å². The summed E-state index contributed by atoms with van der Waals surface area (Å²) in [5.41, 5.74) is 1.89. The van der Waals surface area contributed by atoms with Gasteiger partial charge in [-0.2, -0.15) is 0 Å². The largest absolute Gasteiger partial charge is 0.340 e. The van der Waals surface area contributed by atoms with Crippen LogP contribution in [0.2, 0.25) is 0 Å². The molecule has 0 saturated heterocycles. The fourth-order valence-electron chi connectivity index (χ4n) is 1.72. The predicted octanol–water partition coefficient (Wildman–Crippen LogP) is 0.744. The number of benzene rings is 1. The molecule has 1 aromatic carbocycles. The number of nitrogens with zero attached hydrogens (tertiary/aromatic N) is 3. The number of hydrogen-bond acceptors (Lipinski definition) is 6. The first-order valence-electron chi connectivity index (χ1n) is 5.58. The molecule has 3 rings (SSSR count). The van der Waals surface area contributed by atoms with Gasteiger partial charge in [0.15, 0.2) is 11.5 Å². The van der Waals surface area contributed by atoms with Crippen molar-refractivity contribution in [3.8, 4) is 0 Å². The van der Waals surface area contributed by atoms with E-state index < -0.39 is 10.0 Å². The molecule has 2 heterocycles. The predicted molar refractivity (Wildman–Crippen MR) is 72.8 cm³/mol. The van der Waals surface area contributed by atoms with Crippen molar-refractivity contribution < 1.29 is 8.42 Å². The molecule has 2 aromatic heterocycles. The fourth-order valence-corrected chi connectivity index (χ4v) is 2.24. The molecule has 0 spiro atoms. The molecule has 0 radical (unpaired) electrons. The zero-order valence-electron chi connectivity index (χ0n) is 10.1. The van der Waals surface area contributed by atoms with E-state index >= 15 is 0 Å². The zero-order valence-corrected chi connectivity index (χ0v) is 10.9. The molecular formula is C11H10N6O2S. The SMILES string of the molecule is NS(=O)(=O)c1ccc(Nc2ncnc3nc[nH]c23)cc1. The van der Waals surface area contributed by atoms with E-state index in [0.29, 0.717) is 22.7 Å². The van der Waals surface area contributed by atoms with Crippen LogP contribution in [0.25, 0.3) is 11.2 Å². The molecule has 20 heavy (non-hydrogen) atoms. The van der Waals surface area contributed by atoms with Crippen LogP contribution < -0.4 is 10.5 Å². The number of aromatic amines is 1. The van der Waals surface area contributed by atoms with E-state index in [-0.39, 0.29) is 4.90 Å². The van der Waals surface area contributed by atoms with Gasteiger partial charge in [-0.1, -0.05) is 0 Å². The third kappa shape index (κ3) is 2.31. The summed E-state index contributed by atoms with van der Waals surface area (Å²) >= 11 is 0. The lowest BCUT2D eigenvalue weighted by molar-refractivity contribution is 0.598. The number of hydrogen-bond donors (Lipinski definition) is 3. The Balaban J connectivity index is 1.93. The van der Waals surface area contributed by atoms with Crippen molar-refractivity contribution in [1.82, 2.24) is 19.9 Å². The van der Waals surface area contributed by atoms with Gasteiger partial charge in [0, 0.05) is 5.69 Å². The average Bonchev–Trinajstić information content (AvgIpc) is 2.88. The minimum absolute atomic E-state index is 0.0532. The van der Waals surface area contributed by atoms with Gasteiger partial charge < -0.3 is 10.3 Å². The van der Waals surface area contributed by atoms with Gasteiger partial charge in [0.2, 0.25) is 10.0 Å². The van der Waals surface area contributed by atoms with E-state index in [0.717, 1.165) is 0 Å². The molecule has 0 bridgehead atoms. The van der Waals surface area contributed by atoms with Gasteiger partial charge in [-0.25, -0.2) is 28.5 Å². The van der Waals surface area contributed by atoms with Crippen LogP contribution in [0.3, 0.4) is 0 Å². The maximum atomic E-state index is 11.2. The molecule has 8 nitrogen and oxygen atoms in total. The fraction of sp³-hybridized carbons (Fsp3) is 0. The molecule has 0 aliphatic carbocycles. The highest BCUT2D eigenvalue weighted by atomic mass is 32.2. The number of anilines is 2. The van der Waals surface area contributed by atoms with Gasteiger partial charge in [-0.3, -0.25) is 0 Å². The summed E-state index contributed by atoms with van der Waals surface area (Å²) in [7, 11) is -3.69. The van der Waals surface area contributed by atoms with Gasteiger partial charge in [-0.15, -0.1) is 0 Å². The third-order valence-electron chi connectivity index (χ3n) is 2.67. The van der Waals surface area contributed by atoms with E-state index in [9.17, 15) is 8.42 Å². The van der Waals surface area contributed by atoms with Gasteiger partial charge >= 0.3 is 0 Å². The molecule has 0 aliphatic rings. The van der Waals surface area contributed by atoms with Crippen molar-refractivity contribution in [2.45, 2.75) is 4.90 Å². The Bertz CT molecular complexity index is 856. The molecule has 0 saturated carbocycles. The van der Waals surface area contributed by atoms with Crippen molar-refractivity contribution in [2.24, 2.45) is 5.14 Å². The van der Waals surface area contributed by atoms with E-state index in [1.165, 1.54) is 24.8 Å². The molecule has 0 atom stereocenters. The van der Waals surface area contributed by atoms with Crippen LogP contribution in [-0.4, -0.2) is 28.4 Å². The molecule has 0 fully saturated rings. The maximum Gasteiger partial charge on any atom is 0.238 e. The first-order chi connectivity index (χ1) is 9.54. The Kier molecular flexibility index (Phi) is 2.84. The standard InChI is InChI=1S/C11H10N6O2S/c12-20(18,19)8-3-1-7(2-4-8)17-11-9-10(14-5-13-9)15-6-16-11/h1-6H,(H2,12,18,19)(H2,13,14,15,16,17). The molecule has 3 aromatic rings. The summed E-state index contributed by atoms with van der Waals surface area (Å²) in [5.74, 6) is 0.552. The summed E-state index contributed by atoms with van der Waals surface area (Å²) < 4.78 is 22.3. The minimum Gasteiger partial charge on any atom is -0.340 e. The number of aromatic nitrogens is 4. The maximum absolute atomic E-state index is 11.2. The highest BCUT2D eigenvalue weighted by Gasteiger charge is 2.08. The quantitative estimate of drug-likeness (QED) is 0.653. The molecular weight excluding hydrogens is 280 g/mol. The second-order valence-corrected chi connectivity index (χ2v) is 5.58. The number of fused-ring (bicyclic) bond motifs is 1. The van der Waals surface area contributed by atoms with Gasteiger partial charge in [0.05, 0.1) is 11.2 Å². The topological polar surface area (TPSA) is 127 Å². The minimum atomic E-state index is -3.69. The number of sulfonamides is 1. The van der Waals surface area contributed by atoms with Crippen LogP contribution in [0.4, 0.5) is 11.5 Å². The number of H-pyrrole nitrogens is 1. The Hall–Kier alpha value is -2.52. The number of primary sulfonamides is 1. The highest BCUT2D eigenvalue weighted by Crippen LogP contribution is 2.21. The van der Waals surface area contributed by atoms with E-state index in [1.54, 1.807) is 12.1 Å². The van der Waals surface area contributed by atoms with E-state index in [2.05, 4.69) is 25.3 Å². The number of nitrogens with one attached hydrogen (secondary N) is 2. The third-order valence-corrected chi connectivity index (χ3v) is 3.60. The summed E-state index contributed by atoms with van der Waals surface area (Å²) in [5, 5.41) is 8.09. The summed E-state index contributed by atoms with van der Waals surface area (Å²) in [6.07, 6.45) is 2.92. The van der Waals surface area contributed by atoms with Crippen LogP contribution >= 0.6 is 0 Å². The lowest BCUT2D eigenvalue weighted by atomic mass is 10.3. The molecule has 0 unspecified atom stereocenters. The van der Waals surface area contributed by atoms with Gasteiger partial charge in [0.1, 0.15) is 11.8 Å². The first kappa shape index (κ1) is 12.5. The number of rotatable bonds is 3. The van der Waals surface area contributed by atoms with Crippen LogP contribution in [0, 0.1) is 0 Å². The van der Waals surface area contributed by atoms with Crippen LogP contribution in [0.5, 0.6) is 0 Å². The Morgan fingerprint density at radius 2 is 1.85 bits per heavy atom. The zero-order chi connectivity index (χ0) is 14.2. The lowest BCUT2D eigenvalue weighted by Gasteiger charge is -2.06. The Labute approximate surface area is 114 Å². The smallest absolute Gasteiger partial charge is 0.238 e. The molecule has 102 valence electrons. The molecule has 0 aliphatic heterocycles. The van der Waals surface area contributed by atoms with Crippen molar-refractivity contribution in [3.63, 3.8) is 0 Å². The van der Waals surface area contributed by atoms with Gasteiger partial charge in [0.25, 0.3) is 0 Å². The van der Waals surface area contributed by atoms with Crippen LogP contribution in [0.15, 0.2) is 41.8 Å². The van der Waals surface area contributed by atoms with Crippen LogP contribution in [-0.2, 0) is 10.0 Å². The Morgan fingerprint density at radius 1 is 1.10 bits per heavy atom. The van der Waals surface area contributed by atoms with Gasteiger partial charge in [-0.05, 0) is 24.3 Å². The first-order valence-corrected chi connectivity index (χ1v) is 7.12. The summed E-state index contributed by atoms with van der Waals surface area (Å²) in [6, 6.07) is 6.04. The number of nitrogens with two attached hydrogens (primary N) is 1. The molecule has 4 N–H and O–H groups in total. The average molecular weight is 290 g/mol. The monoisotopic (exact) mass is 290 g/mol. The normalized spacial score (nSPS) is 11.7. The Morgan fingerprint density at radius 3 is 2.55 bits per heavy atom. The van der Waals surface area contributed by atoms with Crippen molar-refractivity contribution in [3.05, 3.63) is 36.9 Å². The molecule has 0 amide bonds.